The Balaban J connectivity index is 2.06. The molecule has 7 heteroatoms. The summed E-state index contributed by atoms with van der Waals surface area (Å²) in [7, 11) is -1.81. The fourth-order valence-corrected chi connectivity index (χ4v) is 5.17. The van der Waals surface area contributed by atoms with Gasteiger partial charge in [0.15, 0.2) is 0 Å². The van der Waals surface area contributed by atoms with Crippen LogP contribution in [0.5, 0.6) is 0 Å². The second kappa shape index (κ2) is 6.75. The third-order valence-corrected chi connectivity index (χ3v) is 6.75. The Labute approximate surface area is 131 Å². The minimum Gasteiger partial charge on any atom is -0.377 e. The minimum atomic E-state index is -3.46. The van der Waals surface area contributed by atoms with Gasteiger partial charge in [-0.15, -0.1) is 11.3 Å². The van der Waals surface area contributed by atoms with Gasteiger partial charge in [-0.1, -0.05) is 6.92 Å². The smallest absolute Gasteiger partial charge is 0.241 e. The number of rotatable bonds is 8. The highest BCUT2D eigenvalue weighted by Crippen LogP contribution is 2.35. The Morgan fingerprint density at radius 3 is 2.67 bits per heavy atom. The molecule has 21 heavy (non-hydrogen) atoms. The first kappa shape index (κ1) is 16.9. The monoisotopic (exact) mass is 332 g/mol. The van der Waals surface area contributed by atoms with Crippen LogP contribution in [0.1, 0.15) is 35.9 Å². The number of hydrogen-bond donors (Lipinski definition) is 2. The molecule has 1 fully saturated rings. The Hall–Kier alpha value is -0.470. The maximum atomic E-state index is 12.5. The third kappa shape index (κ3) is 3.84. The van der Waals surface area contributed by atoms with Crippen molar-refractivity contribution in [2.75, 3.05) is 20.2 Å². The van der Waals surface area contributed by atoms with Gasteiger partial charge in [0, 0.05) is 30.0 Å². The molecule has 0 aromatic carbocycles. The molecule has 1 saturated carbocycles. The summed E-state index contributed by atoms with van der Waals surface area (Å²) in [6.07, 6.45) is 2.93. The second-order valence-electron chi connectivity index (χ2n) is 5.48. The number of methoxy groups -OCH3 is 1. The molecule has 0 saturated heterocycles. The Morgan fingerprint density at radius 2 is 2.14 bits per heavy atom. The second-order valence-corrected chi connectivity index (χ2v) is 8.55. The van der Waals surface area contributed by atoms with Gasteiger partial charge in [0.2, 0.25) is 10.0 Å². The van der Waals surface area contributed by atoms with Crippen LogP contribution < -0.4 is 10.0 Å². The zero-order valence-electron chi connectivity index (χ0n) is 12.9. The van der Waals surface area contributed by atoms with Crippen molar-refractivity contribution in [3.8, 4) is 0 Å². The molecule has 0 bridgehead atoms. The zero-order chi connectivity index (χ0) is 15.5. The third-order valence-electron chi connectivity index (χ3n) is 4.04. The fraction of sp³-hybridized carbons (Fsp3) is 0.714. The number of ether oxygens (including phenoxy) is 1. The summed E-state index contributed by atoms with van der Waals surface area (Å²) >= 11 is 1.53. The van der Waals surface area contributed by atoms with Crippen molar-refractivity contribution in [2.24, 2.45) is 0 Å². The molecule has 120 valence electrons. The van der Waals surface area contributed by atoms with Crippen molar-refractivity contribution in [2.45, 2.75) is 50.2 Å². The van der Waals surface area contributed by atoms with E-state index in [1.807, 2.05) is 13.8 Å². The van der Waals surface area contributed by atoms with Gasteiger partial charge in [0.05, 0.1) is 10.5 Å². The molecule has 1 aliphatic rings. The average molecular weight is 332 g/mol. The highest BCUT2D eigenvalue weighted by atomic mass is 32.2. The summed E-state index contributed by atoms with van der Waals surface area (Å²) in [5, 5.41) is 3.22. The van der Waals surface area contributed by atoms with E-state index in [0.717, 1.165) is 35.6 Å². The van der Waals surface area contributed by atoms with Crippen LogP contribution >= 0.6 is 11.3 Å². The van der Waals surface area contributed by atoms with E-state index in [-0.39, 0.29) is 5.60 Å². The number of nitrogens with one attached hydrogen (secondary N) is 2. The summed E-state index contributed by atoms with van der Waals surface area (Å²) in [5.74, 6) is 0. The van der Waals surface area contributed by atoms with Gasteiger partial charge in [-0.25, -0.2) is 13.1 Å². The number of aryl methyl sites for hydroxylation is 1. The van der Waals surface area contributed by atoms with Crippen molar-refractivity contribution in [1.82, 2.24) is 10.0 Å². The summed E-state index contributed by atoms with van der Waals surface area (Å²) < 4.78 is 33.1. The topological polar surface area (TPSA) is 67.4 Å². The number of sulfonamides is 1. The molecule has 0 amide bonds. The predicted molar refractivity (Wildman–Crippen MR) is 85.2 cm³/mol. The first-order valence-corrected chi connectivity index (χ1v) is 9.57. The average Bonchev–Trinajstić information content (AvgIpc) is 2.77. The van der Waals surface area contributed by atoms with Crippen LogP contribution in [0.15, 0.2) is 11.0 Å². The van der Waals surface area contributed by atoms with E-state index >= 15 is 0 Å². The van der Waals surface area contributed by atoms with E-state index in [1.54, 1.807) is 13.2 Å². The molecule has 1 aromatic rings. The van der Waals surface area contributed by atoms with Gasteiger partial charge in [-0.05, 0) is 38.8 Å². The summed E-state index contributed by atoms with van der Waals surface area (Å²) in [6.45, 7) is 5.81. The molecule has 1 aliphatic carbocycles. The molecule has 0 spiro atoms. The summed E-state index contributed by atoms with van der Waals surface area (Å²) in [4.78, 5) is 2.27. The first-order valence-electron chi connectivity index (χ1n) is 7.27. The largest absolute Gasteiger partial charge is 0.377 e. The maximum absolute atomic E-state index is 12.5. The van der Waals surface area contributed by atoms with E-state index in [1.165, 1.54) is 11.3 Å². The number of thiophene rings is 1. The van der Waals surface area contributed by atoms with E-state index in [2.05, 4.69) is 10.0 Å². The SMILES string of the molecule is CCNCc1cc(S(=O)(=O)NCC2(OC)CCC2)c(C)s1. The molecular weight excluding hydrogens is 308 g/mol. The lowest BCUT2D eigenvalue weighted by Crippen LogP contribution is -2.49. The predicted octanol–water partition coefficient (Wildman–Crippen LogP) is 2.01. The molecule has 1 heterocycles. The van der Waals surface area contributed by atoms with Crippen LogP contribution in [-0.4, -0.2) is 34.2 Å². The minimum absolute atomic E-state index is 0.302. The molecule has 2 N–H and O–H groups in total. The molecule has 0 radical (unpaired) electrons. The summed E-state index contributed by atoms with van der Waals surface area (Å²) in [6, 6.07) is 1.77. The lowest BCUT2D eigenvalue weighted by molar-refractivity contribution is -0.0659. The quantitative estimate of drug-likeness (QED) is 0.764. The van der Waals surface area contributed by atoms with E-state index < -0.39 is 10.0 Å². The molecule has 5 nitrogen and oxygen atoms in total. The fourth-order valence-electron chi connectivity index (χ4n) is 2.45. The first-order chi connectivity index (χ1) is 9.92. The van der Waals surface area contributed by atoms with Crippen LogP contribution in [0.25, 0.3) is 0 Å². The van der Waals surface area contributed by atoms with Gasteiger partial charge in [-0.2, -0.15) is 0 Å². The van der Waals surface area contributed by atoms with Crippen molar-refractivity contribution >= 4 is 21.4 Å². The maximum Gasteiger partial charge on any atom is 0.241 e. The van der Waals surface area contributed by atoms with Gasteiger partial charge < -0.3 is 10.1 Å². The van der Waals surface area contributed by atoms with E-state index in [9.17, 15) is 8.42 Å². The van der Waals surface area contributed by atoms with E-state index in [4.69, 9.17) is 4.74 Å². The highest BCUT2D eigenvalue weighted by Gasteiger charge is 2.38. The lowest BCUT2D eigenvalue weighted by atomic mass is 9.80. The molecule has 0 unspecified atom stereocenters. The van der Waals surface area contributed by atoms with Gasteiger partial charge in [0.1, 0.15) is 0 Å². The van der Waals surface area contributed by atoms with Crippen LogP contribution in [0, 0.1) is 6.92 Å². The Morgan fingerprint density at radius 1 is 1.43 bits per heavy atom. The van der Waals surface area contributed by atoms with Crippen molar-refractivity contribution < 1.29 is 13.2 Å². The van der Waals surface area contributed by atoms with Gasteiger partial charge in [-0.3, -0.25) is 0 Å². The highest BCUT2D eigenvalue weighted by molar-refractivity contribution is 7.89. The molecular formula is C14H24N2O3S2. The van der Waals surface area contributed by atoms with Crippen LogP contribution in [-0.2, 0) is 21.3 Å². The van der Waals surface area contributed by atoms with Crippen LogP contribution in [0.4, 0.5) is 0 Å². The van der Waals surface area contributed by atoms with Gasteiger partial charge in [0.25, 0.3) is 0 Å². The molecule has 0 atom stereocenters. The normalized spacial score (nSPS) is 17.7. The molecule has 0 aliphatic heterocycles. The van der Waals surface area contributed by atoms with Crippen molar-refractivity contribution in [3.63, 3.8) is 0 Å². The standard InChI is InChI=1S/C14H24N2O3S2/c1-4-15-9-12-8-13(11(2)20-12)21(17,18)16-10-14(19-3)6-5-7-14/h8,15-16H,4-7,9-10H2,1-3H3. The lowest BCUT2D eigenvalue weighted by Gasteiger charge is -2.40. The van der Waals surface area contributed by atoms with Gasteiger partial charge >= 0.3 is 0 Å². The Kier molecular flexibility index (Phi) is 5.43. The van der Waals surface area contributed by atoms with E-state index in [0.29, 0.717) is 18.0 Å². The molecule has 1 aromatic heterocycles. The summed E-state index contributed by atoms with van der Waals surface area (Å²) in [5.41, 5.74) is -0.302. The zero-order valence-corrected chi connectivity index (χ0v) is 14.5. The Bertz CT molecular complexity index is 572. The van der Waals surface area contributed by atoms with Crippen molar-refractivity contribution in [1.29, 1.82) is 0 Å². The van der Waals surface area contributed by atoms with Crippen molar-refractivity contribution in [3.05, 3.63) is 15.8 Å². The number of hydrogen-bond acceptors (Lipinski definition) is 5. The molecule has 2 rings (SSSR count). The van der Waals surface area contributed by atoms with Crippen LogP contribution in [0.3, 0.4) is 0 Å². The van der Waals surface area contributed by atoms with Crippen LogP contribution in [0.2, 0.25) is 0 Å².